The Morgan fingerprint density at radius 3 is 1.15 bits per heavy atom. The van der Waals surface area contributed by atoms with E-state index in [4.69, 9.17) is 0 Å². The van der Waals surface area contributed by atoms with Gasteiger partial charge in [-0.1, -0.05) is 110 Å². The maximum absolute atomic E-state index is 2.27. The zero-order valence-electron chi connectivity index (χ0n) is 25.4. The molecule has 0 saturated carbocycles. The maximum atomic E-state index is 2.27. The molecule has 0 saturated heterocycles. The van der Waals surface area contributed by atoms with Crippen molar-refractivity contribution in [1.82, 2.24) is 0 Å². The summed E-state index contributed by atoms with van der Waals surface area (Å²) < 4.78 is 0. The molecular formula is C38H42SiZr. The summed E-state index contributed by atoms with van der Waals surface area (Å²) in [5, 5.41) is 5.38. The van der Waals surface area contributed by atoms with Gasteiger partial charge in [-0.25, -0.2) is 0 Å². The molecule has 0 nitrogen and oxygen atoms in total. The Labute approximate surface area is 265 Å². The third kappa shape index (κ3) is 8.60. The first-order valence-electron chi connectivity index (χ1n) is 12.9. The predicted octanol–water partition coefficient (Wildman–Crippen LogP) is 11.4. The minimum Gasteiger partial charge on any atom is -0.358 e. The molecular weight excluding hydrogens is 576 g/mol. The number of aryl methyl sites for hydroxylation is 4. The van der Waals surface area contributed by atoms with Gasteiger partial charge >= 0.3 is 26.2 Å². The smallest absolute Gasteiger partial charge is 0.358 e. The van der Waals surface area contributed by atoms with Crippen LogP contribution in [0.4, 0.5) is 0 Å². The van der Waals surface area contributed by atoms with Gasteiger partial charge in [0, 0.05) is 9.52 Å². The molecule has 0 aromatic heterocycles. The van der Waals surface area contributed by atoms with Crippen LogP contribution in [-0.4, -0.2) is 9.52 Å². The average molecular weight is 618 g/mol. The van der Waals surface area contributed by atoms with E-state index in [0.717, 1.165) is 9.52 Å². The molecule has 0 aliphatic heterocycles. The summed E-state index contributed by atoms with van der Waals surface area (Å²) in [5.74, 6) is 0. The van der Waals surface area contributed by atoms with E-state index >= 15 is 0 Å². The first kappa shape index (κ1) is 35.2. The fourth-order valence-corrected chi connectivity index (χ4v) is 4.74. The van der Waals surface area contributed by atoms with Crippen LogP contribution in [0.3, 0.4) is 0 Å². The molecule has 0 aliphatic rings. The molecule has 0 amide bonds. The van der Waals surface area contributed by atoms with Gasteiger partial charge in [0.1, 0.15) is 0 Å². The van der Waals surface area contributed by atoms with Gasteiger partial charge < -0.3 is 14.9 Å². The predicted molar refractivity (Wildman–Crippen MR) is 179 cm³/mol. The van der Waals surface area contributed by atoms with Crippen molar-refractivity contribution in [3.63, 3.8) is 0 Å². The Bertz CT molecular complexity index is 1460. The Morgan fingerprint density at radius 1 is 0.500 bits per heavy atom. The molecule has 6 aromatic rings. The van der Waals surface area contributed by atoms with E-state index < -0.39 is 0 Å². The van der Waals surface area contributed by atoms with E-state index in [9.17, 15) is 0 Å². The van der Waals surface area contributed by atoms with Gasteiger partial charge in [-0.05, 0) is 25.0 Å². The van der Waals surface area contributed by atoms with Crippen molar-refractivity contribution in [1.29, 1.82) is 0 Å². The SMILES string of the molecule is C[Si]C.Cc1ccc(-c2cccc3[cH-]c(C)cc23)cc1.Cc1ccc(-c2cccc3[cH-]c(C)cc23)cc1.[CH3-].[CH3-].[Zr+4]. The van der Waals surface area contributed by atoms with Crippen LogP contribution in [0.2, 0.25) is 13.1 Å². The monoisotopic (exact) mass is 616 g/mol. The van der Waals surface area contributed by atoms with Crippen molar-refractivity contribution in [2.24, 2.45) is 0 Å². The first-order chi connectivity index (χ1) is 17.9. The van der Waals surface area contributed by atoms with Gasteiger partial charge in [0.15, 0.2) is 0 Å². The number of rotatable bonds is 2. The topological polar surface area (TPSA) is 0 Å². The van der Waals surface area contributed by atoms with Crippen LogP contribution in [0.25, 0.3) is 43.8 Å². The second kappa shape index (κ2) is 16.5. The van der Waals surface area contributed by atoms with E-state index in [-0.39, 0.29) is 41.1 Å². The summed E-state index contributed by atoms with van der Waals surface area (Å²) in [4.78, 5) is 0. The minimum absolute atomic E-state index is 0. The number of benzene rings is 4. The fraction of sp³-hybridized carbons (Fsp3) is 0.158. The number of hydrogen-bond acceptors (Lipinski definition) is 0. The van der Waals surface area contributed by atoms with Crippen molar-refractivity contribution in [2.75, 3.05) is 0 Å². The van der Waals surface area contributed by atoms with Crippen LogP contribution in [0.15, 0.2) is 109 Å². The third-order valence-electron chi connectivity index (χ3n) is 6.52. The molecule has 0 N–H and O–H groups in total. The van der Waals surface area contributed by atoms with Gasteiger partial charge in [-0.2, -0.15) is 12.1 Å². The molecule has 0 unspecified atom stereocenters. The van der Waals surface area contributed by atoms with E-state index in [1.165, 1.54) is 66.1 Å². The normalized spacial score (nSPS) is 9.75. The van der Waals surface area contributed by atoms with Crippen molar-refractivity contribution in [3.05, 3.63) is 146 Å². The van der Waals surface area contributed by atoms with Crippen LogP contribution in [0.1, 0.15) is 22.3 Å². The molecule has 6 aromatic carbocycles. The van der Waals surface area contributed by atoms with E-state index in [1.54, 1.807) is 0 Å². The molecule has 6 rings (SSSR count). The van der Waals surface area contributed by atoms with Crippen molar-refractivity contribution in [2.45, 2.75) is 40.8 Å². The Morgan fingerprint density at radius 2 is 0.825 bits per heavy atom. The van der Waals surface area contributed by atoms with Crippen LogP contribution in [-0.2, 0) is 26.2 Å². The molecule has 2 heteroatoms. The van der Waals surface area contributed by atoms with Gasteiger partial charge in [0.25, 0.3) is 0 Å². The molecule has 0 spiro atoms. The first-order valence-corrected chi connectivity index (χ1v) is 14.9. The van der Waals surface area contributed by atoms with Gasteiger partial charge in [-0.3, -0.25) is 0 Å². The molecule has 2 radical (unpaired) electrons. The molecule has 40 heavy (non-hydrogen) atoms. The molecule has 0 heterocycles. The van der Waals surface area contributed by atoms with Crippen molar-refractivity contribution in [3.8, 4) is 22.3 Å². The summed E-state index contributed by atoms with van der Waals surface area (Å²) in [6.07, 6.45) is 0. The van der Waals surface area contributed by atoms with Crippen LogP contribution in [0, 0.1) is 42.5 Å². The molecule has 0 atom stereocenters. The van der Waals surface area contributed by atoms with Crippen molar-refractivity contribution < 1.29 is 26.2 Å². The van der Waals surface area contributed by atoms with Crippen LogP contribution in [0.5, 0.6) is 0 Å². The summed E-state index contributed by atoms with van der Waals surface area (Å²) in [6, 6.07) is 39.5. The quantitative estimate of drug-likeness (QED) is 0.134. The Hall–Kier alpha value is -2.80. The molecule has 202 valence electrons. The number of hydrogen-bond donors (Lipinski definition) is 0. The van der Waals surface area contributed by atoms with Crippen molar-refractivity contribution >= 4 is 31.1 Å². The molecule has 0 bridgehead atoms. The Kier molecular flexibility index (Phi) is 14.5. The third-order valence-corrected chi connectivity index (χ3v) is 6.52. The summed E-state index contributed by atoms with van der Waals surface area (Å²) in [6.45, 7) is 12.9. The standard InChI is InChI=1S/2C17H15.C2H6Si.2CH3.Zr/c2*1-12-6-8-14(9-7-12)16-5-3-4-15-10-13(2)11-17(15)16;1-3-2;;;/h2*3-11H,1-2H3;1-2H3;2*1H3;/q2*-1;;2*-1;+4. The van der Waals surface area contributed by atoms with E-state index in [0.29, 0.717) is 0 Å². The van der Waals surface area contributed by atoms with Gasteiger partial charge in [0.05, 0.1) is 0 Å². The summed E-state index contributed by atoms with van der Waals surface area (Å²) in [5.41, 5.74) is 10.5. The van der Waals surface area contributed by atoms with Crippen LogP contribution >= 0.6 is 0 Å². The second-order valence-electron chi connectivity index (χ2n) is 9.91. The Balaban J connectivity index is 0.000000341. The van der Waals surface area contributed by atoms with E-state index in [1.807, 2.05) is 0 Å². The van der Waals surface area contributed by atoms with Crippen LogP contribution < -0.4 is 0 Å². The second-order valence-corrected chi connectivity index (χ2v) is 10.9. The number of fused-ring (bicyclic) bond motifs is 2. The van der Waals surface area contributed by atoms with Gasteiger partial charge in [-0.15, -0.1) is 69.1 Å². The van der Waals surface area contributed by atoms with Gasteiger partial charge in [0.2, 0.25) is 0 Å². The van der Waals surface area contributed by atoms with E-state index in [2.05, 4.69) is 150 Å². The largest absolute Gasteiger partial charge is 4.00 e. The summed E-state index contributed by atoms with van der Waals surface area (Å²) >= 11 is 0. The zero-order chi connectivity index (χ0) is 26.4. The molecule has 0 aliphatic carbocycles. The zero-order valence-corrected chi connectivity index (χ0v) is 28.9. The fourth-order valence-electron chi connectivity index (χ4n) is 4.74. The minimum atomic E-state index is 0. The molecule has 0 fully saturated rings. The average Bonchev–Trinajstić information content (AvgIpc) is 3.46. The maximum Gasteiger partial charge on any atom is 4.00 e. The summed E-state index contributed by atoms with van der Waals surface area (Å²) in [7, 11) is 1.08.